The minimum Gasteiger partial charge on any atom is -0.422 e. The Morgan fingerprint density at radius 1 is 1.32 bits per heavy atom. The molecular weight excluding hydrogens is 282 g/mol. The van der Waals surface area contributed by atoms with E-state index in [1.165, 1.54) is 10.9 Å². The highest BCUT2D eigenvalue weighted by Crippen LogP contribution is 2.28. The number of hydrogen-bond acceptors (Lipinski definition) is 5. The van der Waals surface area contributed by atoms with Crippen molar-refractivity contribution in [2.24, 2.45) is 5.73 Å². The van der Waals surface area contributed by atoms with Crippen molar-refractivity contribution in [3.63, 3.8) is 0 Å². The number of para-hydroxylation sites is 1. The molecular formula is C15H15N5O2. The van der Waals surface area contributed by atoms with Crippen LogP contribution in [0.25, 0.3) is 10.9 Å². The van der Waals surface area contributed by atoms with Gasteiger partial charge in [-0.05, 0) is 13.1 Å². The first-order valence-corrected chi connectivity index (χ1v) is 6.72. The van der Waals surface area contributed by atoms with E-state index in [-0.39, 0.29) is 0 Å². The second kappa shape index (κ2) is 5.82. The summed E-state index contributed by atoms with van der Waals surface area (Å²) in [6.07, 6.45) is 1.42. The quantitative estimate of drug-likeness (QED) is 0.766. The van der Waals surface area contributed by atoms with E-state index in [9.17, 15) is 4.79 Å². The lowest BCUT2D eigenvalue weighted by molar-refractivity contribution is 0.248. The molecule has 7 nitrogen and oxygen atoms in total. The topological polar surface area (TPSA) is 95.1 Å². The number of primary amides is 1. The van der Waals surface area contributed by atoms with Gasteiger partial charge in [0.2, 0.25) is 11.8 Å². The number of nitrogens with one attached hydrogen (secondary N) is 1. The highest BCUT2D eigenvalue weighted by atomic mass is 16.5. The zero-order valence-electron chi connectivity index (χ0n) is 12.0. The Morgan fingerprint density at radius 2 is 2.14 bits per heavy atom. The fourth-order valence-corrected chi connectivity index (χ4v) is 2.25. The maximum Gasteiger partial charge on any atom is 0.326 e. The van der Waals surface area contributed by atoms with Crippen LogP contribution in [0, 0.1) is 0 Å². The number of hydrogen-bond donors (Lipinski definition) is 2. The zero-order valence-corrected chi connectivity index (χ0v) is 12.0. The molecule has 0 fully saturated rings. The van der Waals surface area contributed by atoms with Crippen LogP contribution in [0.5, 0.6) is 11.8 Å². The first-order valence-electron chi connectivity index (χ1n) is 6.72. The lowest BCUT2D eigenvalue weighted by atomic mass is 10.2. The highest BCUT2D eigenvalue weighted by molar-refractivity contribution is 5.93. The standard InChI is InChI=1S/C15H15N5O2/c1-17-8-11-7-13(19-9-18-11)22-14-6-10-4-2-3-5-12(10)20(14)15(16)21/h2-7,9,17H,8H2,1H3,(H2,16,21). The fraction of sp³-hybridized carbons (Fsp3) is 0.133. The van der Waals surface area contributed by atoms with E-state index in [4.69, 9.17) is 10.5 Å². The SMILES string of the molecule is CNCc1cc(Oc2cc3ccccc3n2C(N)=O)ncn1. The maximum absolute atomic E-state index is 11.7. The van der Waals surface area contributed by atoms with E-state index >= 15 is 0 Å². The van der Waals surface area contributed by atoms with E-state index in [1.54, 1.807) is 18.2 Å². The Kier molecular flexibility index (Phi) is 3.71. The van der Waals surface area contributed by atoms with Crippen molar-refractivity contribution in [1.29, 1.82) is 0 Å². The van der Waals surface area contributed by atoms with Crippen LogP contribution in [0.1, 0.15) is 5.69 Å². The number of nitrogens with two attached hydrogens (primary N) is 1. The van der Waals surface area contributed by atoms with Gasteiger partial charge in [0.1, 0.15) is 6.33 Å². The number of amides is 1. The normalized spacial score (nSPS) is 10.8. The van der Waals surface area contributed by atoms with Crippen LogP contribution in [-0.4, -0.2) is 27.6 Å². The molecule has 0 atom stereocenters. The summed E-state index contributed by atoms with van der Waals surface area (Å²) in [7, 11) is 1.83. The van der Waals surface area contributed by atoms with Gasteiger partial charge >= 0.3 is 6.03 Å². The number of fused-ring (bicyclic) bond motifs is 1. The maximum atomic E-state index is 11.7. The largest absolute Gasteiger partial charge is 0.422 e. The number of ether oxygens (including phenoxy) is 1. The zero-order chi connectivity index (χ0) is 15.5. The van der Waals surface area contributed by atoms with Crippen molar-refractivity contribution in [2.75, 3.05) is 7.05 Å². The number of carbonyl (C=O) groups excluding carboxylic acids is 1. The second-order valence-corrected chi connectivity index (χ2v) is 4.70. The Balaban J connectivity index is 2.01. The molecule has 1 amide bonds. The van der Waals surface area contributed by atoms with Crippen LogP contribution in [0.15, 0.2) is 42.7 Å². The molecule has 7 heteroatoms. The van der Waals surface area contributed by atoms with Crippen molar-refractivity contribution in [2.45, 2.75) is 6.54 Å². The van der Waals surface area contributed by atoms with E-state index in [0.29, 0.717) is 23.8 Å². The molecule has 0 aliphatic carbocycles. The summed E-state index contributed by atoms with van der Waals surface area (Å²) in [4.78, 5) is 19.9. The van der Waals surface area contributed by atoms with Crippen LogP contribution < -0.4 is 15.8 Å². The third-order valence-electron chi connectivity index (χ3n) is 3.16. The van der Waals surface area contributed by atoms with Crippen LogP contribution in [0.4, 0.5) is 4.79 Å². The molecule has 1 aromatic carbocycles. The molecule has 3 aromatic rings. The minimum absolute atomic E-state index is 0.322. The lowest BCUT2D eigenvalue weighted by Crippen LogP contribution is -2.19. The summed E-state index contributed by atoms with van der Waals surface area (Å²) in [5.41, 5.74) is 6.93. The first-order chi connectivity index (χ1) is 10.7. The Morgan fingerprint density at radius 3 is 2.91 bits per heavy atom. The van der Waals surface area contributed by atoms with Crippen molar-refractivity contribution in [3.05, 3.63) is 48.4 Å². The molecule has 22 heavy (non-hydrogen) atoms. The molecule has 0 aliphatic heterocycles. The van der Waals surface area contributed by atoms with Gasteiger partial charge in [-0.15, -0.1) is 0 Å². The Bertz CT molecular complexity index is 828. The first kappa shape index (κ1) is 14.0. The van der Waals surface area contributed by atoms with Gasteiger partial charge in [-0.25, -0.2) is 19.3 Å². The molecule has 3 N–H and O–H groups in total. The molecule has 0 bridgehead atoms. The third kappa shape index (κ3) is 2.61. The van der Waals surface area contributed by atoms with Gasteiger partial charge in [0, 0.05) is 24.1 Å². The van der Waals surface area contributed by atoms with Crippen molar-refractivity contribution in [1.82, 2.24) is 19.9 Å². The van der Waals surface area contributed by atoms with E-state index in [2.05, 4.69) is 15.3 Å². The number of aromatic nitrogens is 3. The predicted octanol–water partition coefficient (Wildman–Crippen LogP) is 1.87. The molecule has 0 radical (unpaired) electrons. The molecule has 3 rings (SSSR count). The number of carbonyl (C=O) groups is 1. The van der Waals surface area contributed by atoms with E-state index in [1.807, 2.05) is 25.2 Å². The molecule has 112 valence electrons. The number of benzene rings is 1. The number of nitrogens with zero attached hydrogens (tertiary/aromatic N) is 3. The Labute approximate surface area is 126 Å². The summed E-state index contributed by atoms with van der Waals surface area (Å²) < 4.78 is 7.04. The fourth-order valence-electron chi connectivity index (χ4n) is 2.25. The summed E-state index contributed by atoms with van der Waals surface area (Å²) in [5.74, 6) is 0.674. The van der Waals surface area contributed by atoms with Crippen LogP contribution in [0.2, 0.25) is 0 Å². The predicted molar refractivity (Wildman–Crippen MR) is 81.8 cm³/mol. The molecule has 2 heterocycles. The van der Waals surface area contributed by atoms with Crippen molar-refractivity contribution < 1.29 is 9.53 Å². The molecule has 0 saturated heterocycles. The molecule has 2 aromatic heterocycles. The highest BCUT2D eigenvalue weighted by Gasteiger charge is 2.15. The second-order valence-electron chi connectivity index (χ2n) is 4.70. The average Bonchev–Trinajstić information content (AvgIpc) is 2.85. The summed E-state index contributed by atoms with van der Waals surface area (Å²) >= 11 is 0. The minimum atomic E-state index is -0.610. The van der Waals surface area contributed by atoms with Gasteiger partial charge in [-0.3, -0.25) is 0 Å². The van der Waals surface area contributed by atoms with E-state index < -0.39 is 6.03 Å². The number of rotatable bonds is 4. The summed E-state index contributed by atoms with van der Waals surface area (Å²) in [5, 5.41) is 3.86. The molecule has 0 spiro atoms. The molecule has 0 aliphatic rings. The van der Waals surface area contributed by atoms with Gasteiger partial charge in [0.05, 0.1) is 11.2 Å². The monoisotopic (exact) mass is 297 g/mol. The van der Waals surface area contributed by atoms with Gasteiger partial charge in [-0.1, -0.05) is 18.2 Å². The smallest absolute Gasteiger partial charge is 0.326 e. The summed E-state index contributed by atoms with van der Waals surface area (Å²) in [6, 6.07) is 10.3. The van der Waals surface area contributed by atoms with Gasteiger partial charge in [-0.2, -0.15) is 0 Å². The lowest BCUT2D eigenvalue weighted by Gasteiger charge is -2.08. The van der Waals surface area contributed by atoms with Crippen LogP contribution in [0.3, 0.4) is 0 Å². The third-order valence-corrected chi connectivity index (χ3v) is 3.16. The summed E-state index contributed by atoms with van der Waals surface area (Å²) in [6.45, 7) is 0.595. The molecule has 0 unspecified atom stereocenters. The van der Waals surface area contributed by atoms with E-state index in [0.717, 1.165) is 11.1 Å². The van der Waals surface area contributed by atoms with Gasteiger partial charge < -0.3 is 15.8 Å². The van der Waals surface area contributed by atoms with Gasteiger partial charge in [0.25, 0.3) is 0 Å². The van der Waals surface area contributed by atoms with Crippen molar-refractivity contribution >= 4 is 16.9 Å². The Hall–Kier alpha value is -2.93. The average molecular weight is 297 g/mol. The van der Waals surface area contributed by atoms with Crippen LogP contribution in [-0.2, 0) is 6.54 Å². The molecule has 0 saturated carbocycles. The van der Waals surface area contributed by atoms with Gasteiger partial charge in [0.15, 0.2) is 0 Å². The van der Waals surface area contributed by atoms with Crippen molar-refractivity contribution in [3.8, 4) is 11.8 Å². The van der Waals surface area contributed by atoms with Crippen LogP contribution >= 0.6 is 0 Å².